The second-order valence-electron chi connectivity index (χ2n) is 34.9. The van der Waals surface area contributed by atoms with Crippen LogP contribution in [-0.4, -0.2) is 447 Å². The number of aliphatic carboxylic acids is 1. The summed E-state index contributed by atoms with van der Waals surface area (Å²) in [6.45, 7) is 11.4. The molecule has 0 radical (unpaired) electrons. The van der Waals surface area contributed by atoms with Crippen LogP contribution in [0.25, 0.3) is 0 Å². The number of ether oxygens (including phenoxy) is 29. The van der Waals surface area contributed by atoms with Crippen molar-refractivity contribution in [1.82, 2.24) is 37.2 Å². The summed E-state index contributed by atoms with van der Waals surface area (Å²) >= 11 is 0. The van der Waals surface area contributed by atoms with Crippen LogP contribution in [0.15, 0.2) is 0 Å². The summed E-state index contributed by atoms with van der Waals surface area (Å²) in [5, 5.41) is 26.0. The molecule has 10 rings (SSSR count). The summed E-state index contributed by atoms with van der Waals surface area (Å²) in [4.78, 5) is 99.8. The van der Waals surface area contributed by atoms with Crippen LogP contribution in [0.4, 0.5) is 39.5 Å². The van der Waals surface area contributed by atoms with Crippen LogP contribution in [-0.2, 0) is 176 Å². The van der Waals surface area contributed by atoms with Crippen LogP contribution in [0, 0.1) is 0 Å². The van der Waals surface area contributed by atoms with Gasteiger partial charge in [-0.15, -0.1) is 0 Å². The van der Waals surface area contributed by atoms with E-state index in [1.165, 1.54) is 0 Å². The fourth-order valence-corrected chi connectivity index (χ4v) is 16.1. The van der Waals surface area contributed by atoms with Crippen LogP contribution in [0.5, 0.6) is 0 Å². The van der Waals surface area contributed by atoms with E-state index in [2.05, 4.69) is 21.3 Å². The van der Waals surface area contributed by atoms with Gasteiger partial charge < -0.3 is 180 Å². The van der Waals surface area contributed by atoms with Crippen molar-refractivity contribution in [2.75, 3.05) is 251 Å². The molecule has 45 nitrogen and oxygen atoms in total. The SMILES string of the molecule is CC1(C)O[C@@H]2[C@@H](NC(=O)C(F)(F)F)[C@H]3OC[C@](COCCOCCOCCOCCNC(=O)CCOCC(COCCC(=O)NCCOCCOCCOCCOC[C@@]45CO[C@@H](O4)[C@H](NC(=O)C(F)(F)F)[C@H]4OC(C)(C)O[C@H]45)(COCCC(=O)NCCOCCOCCOCCOC[C@@]45CO[C@@H](O4)[C@H](NC(=O)C(F)(F)F)[C@H]4OC(C)(C)O[C@H]45)NC(=O)CCOC4CC(OCCC(=O)O)C4)(O3)[C@@H]2O1. The molecule has 8 N–H and O–H groups in total. The molecule has 1 saturated carbocycles. The number of nitrogens with one attached hydrogen (secondary N) is 7. The predicted octanol–water partition coefficient (Wildman–Crippen LogP) is -0.884. The van der Waals surface area contributed by atoms with Gasteiger partial charge in [-0.3, -0.25) is 38.4 Å². The van der Waals surface area contributed by atoms with Crippen LogP contribution >= 0.6 is 0 Å². The molecule has 9 heterocycles. The molecule has 7 amide bonds. The van der Waals surface area contributed by atoms with Crippen molar-refractivity contribution in [3.05, 3.63) is 0 Å². The molecule has 0 aromatic rings. The quantitative estimate of drug-likeness (QED) is 0.0271. The van der Waals surface area contributed by atoms with Gasteiger partial charge in [0.1, 0.15) is 77.1 Å². The maximum Gasteiger partial charge on any atom is 0.471 e. The zero-order chi connectivity index (χ0) is 99.0. The molecule has 788 valence electrons. The fraction of sp³-hybridized carbons (Fsp3) is 0.904. The first kappa shape index (κ1) is 113. The maximum absolute atomic E-state index is 13.9. The topological polar surface area (TPSA) is 509 Å². The van der Waals surface area contributed by atoms with Gasteiger partial charge in [0.25, 0.3) is 0 Å². The highest BCUT2D eigenvalue weighted by molar-refractivity contribution is 5.83. The highest BCUT2D eigenvalue weighted by atomic mass is 19.4. The lowest BCUT2D eigenvalue weighted by Crippen LogP contribution is -2.66. The smallest absolute Gasteiger partial charge is 0.471 e. The summed E-state index contributed by atoms with van der Waals surface area (Å²) in [7, 11) is 0. The first-order chi connectivity index (χ1) is 65.1. The summed E-state index contributed by atoms with van der Waals surface area (Å²) in [5.74, 6) is -12.8. The highest BCUT2D eigenvalue weighted by Gasteiger charge is 2.70. The Morgan fingerprint density at radius 2 is 0.569 bits per heavy atom. The highest BCUT2D eigenvalue weighted by Crippen LogP contribution is 2.50. The number of carboxylic acids is 1. The Morgan fingerprint density at radius 1 is 0.314 bits per heavy atom. The third kappa shape index (κ3) is 35.8. The van der Waals surface area contributed by atoms with E-state index in [0.717, 1.165) is 0 Å². The molecule has 0 unspecified atom stereocenters. The number of hydrogen-bond acceptors (Lipinski definition) is 37. The lowest BCUT2D eigenvalue weighted by atomic mass is 9.88. The standard InChI is InChI=1S/C83H130F9N7O38/c1-74(2)129-62-59(96-71(106)81(84,85)86)68-126-49-78(135-68,65(62)132-74)46-121-38-35-115-32-29-112-26-23-109-20-12-93-54(100)7-15-118-43-77(99-57(103)10-18-124-52-41-53(42-52)125-19-11-58(104)105,44-119-16-8-55(101)94-13-21-110-24-27-113-30-33-116-36-39-122-47-79-50-127-69(136-79)60(97-72(107)82(87,88)89)63-66(79)133-75(3,4)130-63)45-120-17-9-56(102)95-14-22-111-25-28-114-31-34-117-37-40-123-48-80-51-128-70(137-80)61(98-73(108)83(90,91)92)64-67(80)134-76(5,6)131-64/h52-53,59-70H,7-51H2,1-6H3,(H,93,100)(H,94,101)(H,95,102)(H,96,106)(H,97,107)(H,98,108)(H,99,103)(H,104,105)/t52?,53?,59-,60-,61-,62-,63-,64-,65-,66-,67-,68+,69+,70+,78+,79+,80+/m1/s1. The normalized spacial score (nSPS) is 28.6. The molecule has 0 spiro atoms. The molecule has 1 aliphatic carbocycles. The van der Waals surface area contributed by atoms with E-state index in [9.17, 15) is 77.9 Å². The maximum atomic E-state index is 13.9. The summed E-state index contributed by atoms with van der Waals surface area (Å²) in [6, 6.07) is -3.91. The predicted molar refractivity (Wildman–Crippen MR) is 438 cm³/mol. The largest absolute Gasteiger partial charge is 0.481 e. The number of halogens is 9. The number of alkyl halides is 9. The van der Waals surface area contributed by atoms with Crippen molar-refractivity contribution in [3.8, 4) is 0 Å². The molecule has 9 aliphatic heterocycles. The second-order valence-corrected chi connectivity index (χ2v) is 34.9. The Balaban J connectivity index is 0.606. The Kier molecular flexibility index (Phi) is 44.1. The second kappa shape index (κ2) is 53.5. The molecule has 6 bridgehead atoms. The fourth-order valence-electron chi connectivity index (χ4n) is 16.1. The Morgan fingerprint density at radius 3 is 0.839 bits per heavy atom. The van der Waals surface area contributed by atoms with Gasteiger partial charge in [-0.25, -0.2) is 0 Å². The van der Waals surface area contributed by atoms with Crippen molar-refractivity contribution in [1.29, 1.82) is 0 Å². The van der Waals surface area contributed by atoms with Gasteiger partial charge in [-0.1, -0.05) is 0 Å². The van der Waals surface area contributed by atoms with Crippen molar-refractivity contribution in [2.45, 2.75) is 231 Å². The number of rotatable bonds is 69. The van der Waals surface area contributed by atoms with Gasteiger partial charge in [0.2, 0.25) is 23.6 Å². The van der Waals surface area contributed by atoms with Crippen LogP contribution < -0.4 is 37.2 Å². The first-order valence-corrected chi connectivity index (χ1v) is 45.4. The van der Waals surface area contributed by atoms with Crippen LogP contribution in [0.2, 0.25) is 0 Å². The van der Waals surface area contributed by atoms with Crippen molar-refractivity contribution < 1.29 is 220 Å². The van der Waals surface area contributed by atoms with E-state index >= 15 is 0 Å². The average Bonchev–Trinajstić information content (AvgIpc) is 1.57. The van der Waals surface area contributed by atoms with Crippen molar-refractivity contribution in [3.63, 3.8) is 0 Å². The van der Waals surface area contributed by atoms with Crippen molar-refractivity contribution >= 4 is 47.3 Å². The zero-order valence-corrected chi connectivity index (χ0v) is 77.4. The number of carbonyl (C=O) groups is 8. The molecule has 10 fully saturated rings. The van der Waals surface area contributed by atoms with Crippen LogP contribution in [0.1, 0.15) is 86.5 Å². The van der Waals surface area contributed by atoms with Crippen molar-refractivity contribution in [2.24, 2.45) is 0 Å². The van der Waals surface area contributed by atoms with Gasteiger partial charge in [0.05, 0.1) is 250 Å². The van der Waals surface area contributed by atoms with Gasteiger partial charge in [0, 0.05) is 45.3 Å². The molecular weight excluding hydrogens is 1870 g/mol. The molecular formula is C83H130F9N7O38. The summed E-state index contributed by atoms with van der Waals surface area (Å²) in [6.07, 6.45) is -25.3. The van der Waals surface area contributed by atoms with E-state index in [1.807, 2.05) is 16.0 Å². The Bertz CT molecular complexity index is 3420. The molecule has 9 saturated heterocycles. The third-order valence-corrected chi connectivity index (χ3v) is 22.5. The Labute approximate surface area is 783 Å². The minimum atomic E-state index is -5.15. The summed E-state index contributed by atoms with van der Waals surface area (Å²) < 4.78 is 287. The molecule has 0 aromatic carbocycles. The lowest BCUT2D eigenvalue weighted by Gasteiger charge is -2.42. The Hall–Kier alpha value is -6.03. The molecule has 15 atom stereocenters. The van der Waals surface area contributed by atoms with Crippen LogP contribution in [0.3, 0.4) is 0 Å². The summed E-state index contributed by atoms with van der Waals surface area (Å²) in [5.41, 5.74) is -5.19. The monoisotopic (exact) mass is 2000 g/mol. The minimum absolute atomic E-state index is 0.0228. The number of carboxylic acid groups (broad SMARTS) is 1. The van der Waals surface area contributed by atoms with Gasteiger partial charge in [0.15, 0.2) is 36.2 Å². The molecule has 54 heteroatoms. The van der Waals surface area contributed by atoms with E-state index in [4.69, 9.17) is 142 Å². The molecule has 137 heavy (non-hydrogen) atoms. The van der Waals surface area contributed by atoms with Gasteiger partial charge >= 0.3 is 42.2 Å². The molecule has 0 aromatic heterocycles. The third-order valence-electron chi connectivity index (χ3n) is 22.5. The van der Waals surface area contributed by atoms with E-state index in [-0.39, 0.29) is 295 Å². The van der Waals surface area contributed by atoms with Gasteiger partial charge in [-0.05, 0) is 54.4 Å². The first-order valence-electron chi connectivity index (χ1n) is 45.4. The van der Waals surface area contributed by atoms with E-state index < -0.39 is 179 Å². The number of carbonyl (C=O) groups excluding carboxylic acids is 7. The number of hydrogen-bond donors (Lipinski definition) is 8. The molecule has 10 aliphatic rings. The minimum Gasteiger partial charge on any atom is -0.481 e. The number of amides is 7. The number of fused-ring (bicyclic) bond motifs is 12. The average molecular weight is 2000 g/mol. The van der Waals surface area contributed by atoms with E-state index in [0.29, 0.717) is 12.8 Å². The van der Waals surface area contributed by atoms with Gasteiger partial charge in [-0.2, -0.15) is 39.5 Å². The zero-order valence-electron chi connectivity index (χ0n) is 77.4. The lowest BCUT2D eigenvalue weighted by molar-refractivity contribution is -0.218. The van der Waals surface area contributed by atoms with E-state index in [1.54, 1.807) is 41.5 Å².